The number of amides is 4. The number of nitrogens with zero attached hydrogens (tertiary/aromatic N) is 1. The lowest BCUT2D eigenvalue weighted by Crippen LogP contribution is -2.56. The van der Waals surface area contributed by atoms with E-state index in [2.05, 4.69) is 16.0 Å². The van der Waals surface area contributed by atoms with Gasteiger partial charge in [-0.25, -0.2) is 9.59 Å². The molecule has 1 aromatic carbocycles. The van der Waals surface area contributed by atoms with Gasteiger partial charge in [-0.15, -0.1) is 0 Å². The molecule has 0 saturated heterocycles. The van der Waals surface area contributed by atoms with Crippen LogP contribution < -0.4 is 20.9 Å². The molecule has 0 saturated carbocycles. The van der Waals surface area contributed by atoms with E-state index < -0.39 is 48.3 Å². The van der Waals surface area contributed by atoms with Crippen LogP contribution in [-0.4, -0.2) is 58.6 Å². The van der Waals surface area contributed by atoms with E-state index in [9.17, 15) is 24.0 Å². The lowest BCUT2D eigenvalue weighted by molar-refractivity contribution is -0.147. The minimum absolute atomic E-state index is 0.0410. The fourth-order valence-electron chi connectivity index (χ4n) is 2.99. The first-order valence-electron chi connectivity index (χ1n) is 9.30. The number of carboxylic acids is 2. The Balaban J connectivity index is 2.18. The number of urea groups is 1. The number of nitrogens with one attached hydrogen (secondary N) is 3. The Bertz CT molecular complexity index is 855. The second-order valence-corrected chi connectivity index (χ2v) is 7.28. The topological polar surface area (TPSA) is 165 Å². The van der Waals surface area contributed by atoms with Crippen molar-refractivity contribution < 1.29 is 34.2 Å². The van der Waals surface area contributed by atoms with Crippen LogP contribution in [0.15, 0.2) is 24.3 Å². The summed E-state index contributed by atoms with van der Waals surface area (Å²) in [6.07, 6.45) is -0.623. The highest BCUT2D eigenvalue weighted by molar-refractivity contribution is 6.10. The summed E-state index contributed by atoms with van der Waals surface area (Å²) in [7, 11) is 0. The van der Waals surface area contributed by atoms with Crippen LogP contribution in [0.2, 0.25) is 0 Å². The molecule has 2 atom stereocenters. The molecular formula is C19H24N4O7. The molecule has 1 heterocycles. The lowest BCUT2D eigenvalue weighted by Gasteiger charge is -2.31. The molecule has 11 heteroatoms. The van der Waals surface area contributed by atoms with Crippen LogP contribution in [0.3, 0.4) is 0 Å². The van der Waals surface area contributed by atoms with Gasteiger partial charge in [0.05, 0.1) is 17.8 Å². The van der Waals surface area contributed by atoms with E-state index >= 15 is 0 Å². The predicted octanol–water partition coefficient (Wildman–Crippen LogP) is 0.614. The standard InChI is InChI=1S/C19H24N4O7/c1-10(2)7-12(17(27)21-13(18(28)29)8-16(25)26)22-19(30)23-9-15(24)20-11-5-3-4-6-14(11)23/h3-6,10,12-13H,7-9H2,1-2H3,(H,20,24)(H,21,27)(H,22,30)(H,25,26)(H,28,29). The van der Waals surface area contributed by atoms with Gasteiger partial charge in [-0.1, -0.05) is 26.0 Å². The van der Waals surface area contributed by atoms with Crippen molar-refractivity contribution in [2.24, 2.45) is 5.92 Å². The van der Waals surface area contributed by atoms with Gasteiger partial charge >= 0.3 is 18.0 Å². The number of anilines is 2. The van der Waals surface area contributed by atoms with Crippen LogP contribution in [0.25, 0.3) is 0 Å². The number of aliphatic carboxylic acids is 2. The molecule has 0 radical (unpaired) electrons. The molecule has 1 aliphatic heterocycles. The number of benzene rings is 1. The summed E-state index contributed by atoms with van der Waals surface area (Å²) in [4.78, 5) is 60.7. The quantitative estimate of drug-likeness (QED) is 0.411. The molecule has 0 aliphatic carbocycles. The first-order valence-corrected chi connectivity index (χ1v) is 9.30. The maximum Gasteiger partial charge on any atom is 0.326 e. The summed E-state index contributed by atoms with van der Waals surface area (Å²) in [6.45, 7) is 3.36. The molecule has 5 N–H and O–H groups in total. The summed E-state index contributed by atoms with van der Waals surface area (Å²) in [5.74, 6) is -4.15. The van der Waals surface area contributed by atoms with Gasteiger partial charge in [0.15, 0.2) is 0 Å². The van der Waals surface area contributed by atoms with Gasteiger partial charge in [-0.05, 0) is 24.5 Å². The molecule has 2 unspecified atom stereocenters. The highest BCUT2D eigenvalue weighted by Gasteiger charge is 2.32. The molecule has 0 aromatic heterocycles. The van der Waals surface area contributed by atoms with E-state index in [-0.39, 0.29) is 18.9 Å². The zero-order valence-corrected chi connectivity index (χ0v) is 16.5. The number of fused-ring (bicyclic) bond motifs is 1. The van der Waals surface area contributed by atoms with Crippen molar-refractivity contribution in [3.63, 3.8) is 0 Å². The summed E-state index contributed by atoms with van der Waals surface area (Å²) >= 11 is 0. The van der Waals surface area contributed by atoms with Crippen LogP contribution in [-0.2, 0) is 19.2 Å². The Morgan fingerprint density at radius 1 is 1.10 bits per heavy atom. The highest BCUT2D eigenvalue weighted by Crippen LogP contribution is 2.28. The maximum absolute atomic E-state index is 12.8. The molecule has 2 rings (SSSR count). The minimum atomic E-state index is -1.64. The number of hydrogen-bond donors (Lipinski definition) is 5. The van der Waals surface area contributed by atoms with E-state index in [0.717, 1.165) is 0 Å². The average Bonchev–Trinajstić information content (AvgIpc) is 2.65. The van der Waals surface area contributed by atoms with Crippen molar-refractivity contribution in [3.8, 4) is 0 Å². The predicted molar refractivity (Wildman–Crippen MR) is 106 cm³/mol. The van der Waals surface area contributed by atoms with Crippen LogP contribution in [0.5, 0.6) is 0 Å². The van der Waals surface area contributed by atoms with Gasteiger partial charge in [-0.2, -0.15) is 0 Å². The van der Waals surface area contributed by atoms with Crippen molar-refractivity contribution in [3.05, 3.63) is 24.3 Å². The SMILES string of the molecule is CC(C)CC(NC(=O)N1CC(=O)Nc2ccccc21)C(=O)NC(CC(=O)O)C(=O)O. The maximum atomic E-state index is 12.8. The summed E-state index contributed by atoms with van der Waals surface area (Å²) in [6, 6.07) is 3.20. The third-order valence-electron chi connectivity index (χ3n) is 4.33. The van der Waals surface area contributed by atoms with Crippen LogP contribution in [0.4, 0.5) is 16.2 Å². The van der Waals surface area contributed by atoms with Gasteiger partial charge in [0.25, 0.3) is 0 Å². The van der Waals surface area contributed by atoms with Gasteiger partial charge in [0.2, 0.25) is 11.8 Å². The molecule has 0 bridgehead atoms. The number of carboxylic acid groups (broad SMARTS) is 2. The number of carbonyl (C=O) groups excluding carboxylic acids is 3. The second kappa shape index (κ2) is 9.72. The van der Waals surface area contributed by atoms with E-state index in [1.165, 1.54) is 4.90 Å². The molecule has 0 fully saturated rings. The fraction of sp³-hybridized carbons (Fsp3) is 0.421. The van der Waals surface area contributed by atoms with Gasteiger partial charge in [0, 0.05) is 0 Å². The zero-order valence-electron chi connectivity index (χ0n) is 16.5. The van der Waals surface area contributed by atoms with E-state index in [1.807, 2.05) is 13.8 Å². The van der Waals surface area contributed by atoms with Gasteiger partial charge in [0.1, 0.15) is 18.6 Å². The van der Waals surface area contributed by atoms with Crippen LogP contribution >= 0.6 is 0 Å². The normalized spacial score (nSPS) is 14.9. The van der Waals surface area contributed by atoms with Gasteiger partial charge < -0.3 is 26.2 Å². The average molecular weight is 420 g/mol. The number of carbonyl (C=O) groups is 5. The van der Waals surface area contributed by atoms with E-state index in [1.54, 1.807) is 24.3 Å². The fourth-order valence-corrected chi connectivity index (χ4v) is 2.99. The highest BCUT2D eigenvalue weighted by atomic mass is 16.4. The largest absolute Gasteiger partial charge is 0.481 e. The van der Waals surface area contributed by atoms with Crippen molar-refractivity contribution >= 4 is 41.2 Å². The molecule has 162 valence electrons. The number of para-hydroxylation sites is 2. The minimum Gasteiger partial charge on any atom is -0.481 e. The summed E-state index contributed by atoms with van der Waals surface area (Å²) in [5, 5.41) is 25.3. The Morgan fingerprint density at radius 3 is 2.37 bits per heavy atom. The summed E-state index contributed by atoms with van der Waals surface area (Å²) in [5.41, 5.74) is 0.897. The van der Waals surface area contributed by atoms with E-state index in [0.29, 0.717) is 11.4 Å². The number of rotatable bonds is 8. The first kappa shape index (κ1) is 22.7. The molecule has 30 heavy (non-hydrogen) atoms. The smallest absolute Gasteiger partial charge is 0.326 e. The lowest BCUT2D eigenvalue weighted by atomic mass is 10.0. The summed E-state index contributed by atoms with van der Waals surface area (Å²) < 4.78 is 0. The van der Waals surface area contributed by atoms with E-state index in [4.69, 9.17) is 10.2 Å². The third-order valence-corrected chi connectivity index (χ3v) is 4.33. The second-order valence-electron chi connectivity index (χ2n) is 7.28. The molecule has 11 nitrogen and oxygen atoms in total. The van der Waals surface area contributed by atoms with Crippen molar-refractivity contribution in [1.29, 1.82) is 0 Å². The Morgan fingerprint density at radius 2 is 1.77 bits per heavy atom. The molecule has 1 aliphatic rings. The molecule has 1 aromatic rings. The van der Waals surface area contributed by atoms with Crippen LogP contribution in [0.1, 0.15) is 26.7 Å². The third kappa shape index (κ3) is 5.93. The number of hydrogen-bond acceptors (Lipinski definition) is 5. The van der Waals surface area contributed by atoms with Gasteiger partial charge in [-0.3, -0.25) is 19.3 Å². The van der Waals surface area contributed by atoms with Crippen molar-refractivity contribution in [2.75, 3.05) is 16.8 Å². The van der Waals surface area contributed by atoms with Crippen LogP contribution in [0, 0.1) is 5.92 Å². The Hall–Kier alpha value is -3.63. The molecule has 4 amide bonds. The Labute approximate surface area is 172 Å². The van der Waals surface area contributed by atoms with Crippen molar-refractivity contribution in [2.45, 2.75) is 38.8 Å². The first-order chi connectivity index (χ1) is 14.1. The Kier molecular flexibility index (Phi) is 7.34. The monoisotopic (exact) mass is 420 g/mol. The molecular weight excluding hydrogens is 396 g/mol. The molecule has 0 spiro atoms. The van der Waals surface area contributed by atoms with Crippen molar-refractivity contribution in [1.82, 2.24) is 10.6 Å². The zero-order chi connectivity index (χ0) is 22.4.